The molecule has 0 atom stereocenters. The number of amides is 1. The quantitative estimate of drug-likeness (QED) is 0.653. The van der Waals surface area contributed by atoms with Crippen LogP contribution in [0.4, 0.5) is 5.69 Å². The summed E-state index contributed by atoms with van der Waals surface area (Å²) < 4.78 is 29.1. The Labute approximate surface area is 182 Å². The zero-order chi connectivity index (χ0) is 21.8. The van der Waals surface area contributed by atoms with Crippen LogP contribution >= 0.6 is 0 Å². The van der Waals surface area contributed by atoms with Crippen LogP contribution in [-0.2, 0) is 10.0 Å². The third kappa shape index (κ3) is 4.55. The normalized spacial score (nSPS) is 15.4. The van der Waals surface area contributed by atoms with Gasteiger partial charge in [0.2, 0.25) is 10.0 Å². The third-order valence-electron chi connectivity index (χ3n) is 5.57. The Kier molecular flexibility index (Phi) is 6.20. The van der Waals surface area contributed by atoms with E-state index in [0.29, 0.717) is 24.3 Å². The van der Waals surface area contributed by atoms with Gasteiger partial charge in [0.25, 0.3) is 5.91 Å². The zero-order valence-corrected chi connectivity index (χ0v) is 18.3. The third-order valence-corrected chi connectivity index (χ3v) is 7.48. The number of anilines is 1. The van der Waals surface area contributed by atoms with Crippen LogP contribution in [-0.4, -0.2) is 41.5 Å². The second kappa shape index (κ2) is 9.03. The minimum absolute atomic E-state index is 0.250. The monoisotopic (exact) mass is 438 g/mol. The van der Waals surface area contributed by atoms with Gasteiger partial charge in [-0.15, -0.1) is 0 Å². The molecule has 4 rings (SSSR count). The van der Waals surface area contributed by atoms with E-state index in [2.05, 4.69) is 10.4 Å². The Hall–Kier alpha value is -2.97. The number of nitrogens with zero attached hydrogens (tertiary/aromatic N) is 3. The van der Waals surface area contributed by atoms with Gasteiger partial charge in [-0.2, -0.15) is 9.40 Å². The highest BCUT2D eigenvalue weighted by Gasteiger charge is 2.25. The molecule has 162 valence electrons. The van der Waals surface area contributed by atoms with Crippen LogP contribution in [0.2, 0.25) is 0 Å². The number of aromatic nitrogens is 2. The average molecular weight is 439 g/mol. The second-order valence-electron chi connectivity index (χ2n) is 7.69. The van der Waals surface area contributed by atoms with E-state index in [1.165, 1.54) is 6.20 Å². The number of hydrogen-bond donors (Lipinski definition) is 1. The lowest BCUT2D eigenvalue weighted by Crippen LogP contribution is -2.31. The molecule has 0 unspecified atom stereocenters. The minimum atomic E-state index is -3.51. The van der Waals surface area contributed by atoms with Crippen LogP contribution < -0.4 is 5.32 Å². The molecule has 2 aromatic carbocycles. The summed E-state index contributed by atoms with van der Waals surface area (Å²) in [6, 6.07) is 15.9. The molecule has 31 heavy (non-hydrogen) atoms. The molecule has 1 fully saturated rings. The average Bonchev–Trinajstić information content (AvgIpc) is 2.98. The van der Waals surface area contributed by atoms with Crippen molar-refractivity contribution in [3.63, 3.8) is 0 Å². The van der Waals surface area contributed by atoms with Gasteiger partial charge in [0.1, 0.15) is 0 Å². The Bertz CT molecular complexity index is 1150. The highest BCUT2D eigenvalue weighted by atomic mass is 32.2. The maximum atomic E-state index is 12.9. The molecule has 1 N–H and O–H groups in total. The molecule has 0 radical (unpaired) electrons. The van der Waals surface area contributed by atoms with E-state index in [4.69, 9.17) is 0 Å². The summed E-state index contributed by atoms with van der Waals surface area (Å²) in [6.07, 6.45) is 5.46. The van der Waals surface area contributed by atoms with Crippen molar-refractivity contribution in [3.05, 3.63) is 72.1 Å². The van der Waals surface area contributed by atoms with E-state index < -0.39 is 10.0 Å². The summed E-state index contributed by atoms with van der Waals surface area (Å²) in [5, 5.41) is 7.16. The number of para-hydroxylation sites is 1. The lowest BCUT2D eigenvalue weighted by Gasteiger charge is -2.20. The van der Waals surface area contributed by atoms with Crippen molar-refractivity contribution in [1.29, 1.82) is 0 Å². The summed E-state index contributed by atoms with van der Waals surface area (Å²) in [6.45, 7) is 2.96. The van der Waals surface area contributed by atoms with Crippen molar-refractivity contribution in [2.24, 2.45) is 0 Å². The fourth-order valence-corrected chi connectivity index (χ4v) is 5.32. The first-order valence-electron chi connectivity index (χ1n) is 10.5. The van der Waals surface area contributed by atoms with Crippen LogP contribution in [0.3, 0.4) is 0 Å². The molecule has 1 aromatic heterocycles. The molecule has 1 aliphatic heterocycles. The first kappa shape index (κ1) is 21.3. The van der Waals surface area contributed by atoms with E-state index in [-0.39, 0.29) is 10.8 Å². The maximum absolute atomic E-state index is 12.9. The number of hydrogen-bond acceptors (Lipinski definition) is 4. The van der Waals surface area contributed by atoms with Gasteiger partial charge in [-0.05, 0) is 56.2 Å². The molecule has 2 heterocycles. The molecule has 0 bridgehead atoms. The first-order chi connectivity index (χ1) is 15.0. The van der Waals surface area contributed by atoms with E-state index in [0.717, 1.165) is 37.1 Å². The molecule has 0 spiro atoms. The molecule has 1 saturated heterocycles. The smallest absolute Gasteiger partial charge is 0.259 e. The van der Waals surface area contributed by atoms with Gasteiger partial charge in [-0.3, -0.25) is 4.79 Å². The fourth-order valence-electron chi connectivity index (χ4n) is 3.80. The van der Waals surface area contributed by atoms with Gasteiger partial charge in [-0.25, -0.2) is 13.1 Å². The van der Waals surface area contributed by atoms with Crippen molar-refractivity contribution in [2.45, 2.75) is 37.5 Å². The number of carbonyl (C=O) groups is 1. The zero-order valence-electron chi connectivity index (χ0n) is 17.5. The van der Waals surface area contributed by atoms with Gasteiger partial charge in [0, 0.05) is 18.8 Å². The Morgan fingerprint density at radius 1 is 0.935 bits per heavy atom. The van der Waals surface area contributed by atoms with Gasteiger partial charge >= 0.3 is 0 Å². The van der Waals surface area contributed by atoms with Crippen molar-refractivity contribution < 1.29 is 13.2 Å². The number of rotatable bonds is 5. The lowest BCUT2D eigenvalue weighted by atomic mass is 10.2. The summed E-state index contributed by atoms with van der Waals surface area (Å²) in [5.41, 5.74) is 2.60. The first-order valence-corrected chi connectivity index (χ1v) is 11.9. The summed E-state index contributed by atoms with van der Waals surface area (Å²) >= 11 is 0. The standard InChI is InChI=1S/C23H26N4O3S/c1-18-22(17-24-27(18)20-9-5-4-6-10-20)23(28)25-19-11-13-21(14-12-19)31(29,30)26-15-7-2-3-8-16-26/h4-6,9-14,17H,2-3,7-8,15-16H2,1H3,(H,25,28). The predicted octanol–water partition coefficient (Wildman–Crippen LogP) is 4.00. The van der Waals surface area contributed by atoms with Crippen molar-refractivity contribution in [3.8, 4) is 5.69 Å². The van der Waals surface area contributed by atoms with Crippen LogP contribution in [0.15, 0.2) is 65.7 Å². The van der Waals surface area contributed by atoms with Crippen molar-refractivity contribution >= 4 is 21.6 Å². The Morgan fingerprint density at radius 2 is 1.58 bits per heavy atom. The molecule has 3 aromatic rings. The van der Waals surface area contributed by atoms with Gasteiger partial charge in [0.05, 0.1) is 28.0 Å². The molecule has 1 aliphatic rings. The van der Waals surface area contributed by atoms with Crippen LogP contribution in [0.1, 0.15) is 41.7 Å². The van der Waals surface area contributed by atoms with Crippen molar-refractivity contribution in [2.75, 3.05) is 18.4 Å². The number of nitrogens with one attached hydrogen (secondary N) is 1. The Balaban J connectivity index is 1.48. The number of carbonyl (C=O) groups excluding carboxylic acids is 1. The van der Waals surface area contributed by atoms with Crippen molar-refractivity contribution in [1.82, 2.24) is 14.1 Å². The summed E-state index contributed by atoms with van der Waals surface area (Å²) in [4.78, 5) is 13.0. The molecule has 8 heteroatoms. The van der Waals surface area contributed by atoms with E-state index in [1.807, 2.05) is 37.3 Å². The highest BCUT2D eigenvalue weighted by molar-refractivity contribution is 7.89. The second-order valence-corrected chi connectivity index (χ2v) is 9.63. The van der Waals surface area contributed by atoms with Gasteiger partial charge in [-0.1, -0.05) is 31.0 Å². The topological polar surface area (TPSA) is 84.3 Å². The molecule has 7 nitrogen and oxygen atoms in total. The lowest BCUT2D eigenvalue weighted by molar-refractivity contribution is 0.102. The minimum Gasteiger partial charge on any atom is -0.322 e. The molecule has 0 saturated carbocycles. The largest absolute Gasteiger partial charge is 0.322 e. The fraction of sp³-hybridized carbons (Fsp3) is 0.304. The van der Waals surface area contributed by atoms with Crippen LogP contribution in [0, 0.1) is 6.92 Å². The van der Waals surface area contributed by atoms with E-state index in [1.54, 1.807) is 33.3 Å². The highest BCUT2D eigenvalue weighted by Crippen LogP contribution is 2.22. The molecular weight excluding hydrogens is 412 g/mol. The van der Waals surface area contributed by atoms with Crippen LogP contribution in [0.25, 0.3) is 5.69 Å². The van der Waals surface area contributed by atoms with E-state index in [9.17, 15) is 13.2 Å². The van der Waals surface area contributed by atoms with Crippen LogP contribution in [0.5, 0.6) is 0 Å². The summed E-state index contributed by atoms with van der Waals surface area (Å²) in [5.74, 6) is -0.289. The van der Waals surface area contributed by atoms with Gasteiger partial charge < -0.3 is 5.32 Å². The maximum Gasteiger partial charge on any atom is 0.259 e. The molecule has 0 aliphatic carbocycles. The predicted molar refractivity (Wildman–Crippen MR) is 120 cm³/mol. The van der Waals surface area contributed by atoms with E-state index >= 15 is 0 Å². The molecule has 1 amide bonds. The van der Waals surface area contributed by atoms with Gasteiger partial charge in [0.15, 0.2) is 0 Å². The number of sulfonamides is 1. The summed E-state index contributed by atoms with van der Waals surface area (Å²) in [7, 11) is -3.51. The number of benzene rings is 2. The molecular formula is C23H26N4O3S. The Morgan fingerprint density at radius 3 is 2.23 bits per heavy atom. The SMILES string of the molecule is Cc1c(C(=O)Nc2ccc(S(=O)(=O)N3CCCCCC3)cc2)cnn1-c1ccccc1.